The third-order valence-corrected chi connectivity index (χ3v) is 10.6. The van der Waals surface area contributed by atoms with Gasteiger partial charge in [-0.3, -0.25) is 14.6 Å². The first-order chi connectivity index (χ1) is 22.3. The lowest BCUT2D eigenvalue weighted by Gasteiger charge is -2.34. The Morgan fingerprint density at radius 1 is 0.979 bits per heavy atom. The predicted molar refractivity (Wildman–Crippen MR) is 170 cm³/mol. The molecule has 0 unspecified atom stereocenters. The highest BCUT2D eigenvalue weighted by atomic mass is 32.2. The van der Waals surface area contributed by atoms with Gasteiger partial charge in [0, 0.05) is 37.8 Å². The molecule has 1 fully saturated rings. The second kappa shape index (κ2) is 14.2. The number of rotatable bonds is 0. The van der Waals surface area contributed by atoms with Gasteiger partial charge in [-0.05, 0) is 80.5 Å². The molecule has 2 aromatic rings. The fourth-order valence-corrected chi connectivity index (χ4v) is 7.31. The quantitative estimate of drug-likeness (QED) is 0.420. The molecule has 10 nitrogen and oxygen atoms in total. The third-order valence-electron chi connectivity index (χ3n) is 8.73. The Bertz CT molecular complexity index is 1670. The molecule has 7 bridgehead atoms. The van der Waals surface area contributed by atoms with Crippen molar-refractivity contribution in [2.24, 2.45) is 4.99 Å². The van der Waals surface area contributed by atoms with Gasteiger partial charge in [0.05, 0.1) is 31.1 Å². The highest BCUT2D eigenvalue weighted by Crippen LogP contribution is 2.36. The number of aryl methyl sites for hydroxylation is 2. The predicted octanol–water partition coefficient (Wildman–Crippen LogP) is 4.11. The Kier molecular flexibility index (Phi) is 10.4. The fraction of sp³-hybridized carbons (Fsp3) is 0.485. The van der Waals surface area contributed by atoms with Gasteiger partial charge in [-0.1, -0.05) is 18.2 Å². The van der Waals surface area contributed by atoms with Crippen LogP contribution in [0, 0.1) is 6.92 Å². The molecule has 0 saturated carbocycles. The minimum absolute atomic E-state index is 0.00180. The molecule has 14 heteroatoms. The number of benzene rings is 2. The van der Waals surface area contributed by atoms with Gasteiger partial charge in [0.25, 0.3) is 11.8 Å². The number of carbonyl (C=O) groups is 2. The van der Waals surface area contributed by atoms with Gasteiger partial charge >= 0.3 is 6.18 Å². The minimum Gasteiger partial charge on any atom is -0.494 e. The number of sulfonamides is 1. The van der Waals surface area contributed by atoms with Crippen molar-refractivity contribution >= 4 is 27.7 Å². The van der Waals surface area contributed by atoms with Crippen LogP contribution >= 0.6 is 0 Å². The first-order valence-corrected chi connectivity index (χ1v) is 17.2. The number of hydrogen-bond donors (Lipinski definition) is 1. The van der Waals surface area contributed by atoms with Crippen LogP contribution in [-0.4, -0.2) is 93.1 Å². The fourth-order valence-electron chi connectivity index (χ4n) is 5.84. The Morgan fingerprint density at radius 2 is 1.74 bits per heavy atom. The average Bonchev–Trinajstić information content (AvgIpc) is 3.34. The zero-order valence-corrected chi connectivity index (χ0v) is 27.3. The number of allylic oxidation sites excluding steroid dienone is 1. The average molecular weight is 677 g/mol. The van der Waals surface area contributed by atoms with Crippen molar-refractivity contribution in [2.45, 2.75) is 50.7 Å². The number of carbonyl (C=O) groups excluding carboxylic acids is 2. The largest absolute Gasteiger partial charge is 0.494 e. The van der Waals surface area contributed by atoms with Crippen LogP contribution in [0.5, 0.6) is 5.75 Å². The lowest BCUT2D eigenvalue weighted by atomic mass is 9.89. The summed E-state index contributed by atoms with van der Waals surface area (Å²) in [6, 6.07) is 8.49. The van der Waals surface area contributed by atoms with Crippen LogP contribution in [0.4, 0.5) is 13.2 Å². The molecule has 47 heavy (non-hydrogen) atoms. The van der Waals surface area contributed by atoms with Crippen LogP contribution in [0.15, 0.2) is 53.5 Å². The second-order valence-corrected chi connectivity index (χ2v) is 14.1. The van der Waals surface area contributed by atoms with E-state index in [1.807, 2.05) is 19.1 Å². The molecule has 1 N–H and O–H groups in total. The van der Waals surface area contributed by atoms with E-state index in [0.717, 1.165) is 23.3 Å². The van der Waals surface area contributed by atoms with E-state index in [4.69, 9.17) is 9.47 Å². The standard InChI is InChI=1S/C33H39F3N4O6S/c1-23-19-25-8-7-24(23)9-18-47(43,44)40-12-10-32(11-13-40)31(42)37-29(38-32)26-20-27(33(34,35)36)22-28(21-26)46-16-6-4-3-5-15-45-17-14-39(2)30(25)41/h3,5,7-8,19-22H,4,6,9-18H2,1-2H3,(H,37,38,42). The summed E-state index contributed by atoms with van der Waals surface area (Å²) in [6.07, 6.45) is 0.648. The molecular formula is C33H39F3N4O6S. The van der Waals surface area contributed by atoms with E-state index in [1.54, 1.807) is 30.1 Å². The molecule has 254 valence electrons. The Labute approximate surface area is 272 Å². The van der Waals surface area contributed by atoms with Crippen molar-refractivity contribution in [3.63, 3.8) is 0 Å². The highest BCUT2D eigenvalue weighted by molar-refractivity contribution is 7.89. The minimum atomic E-state index is -4.65. The summed E-state index contributed by atoms with van der Waals surface area (Å²) >= 11 is 0. The van der Waals surface area contributed by atoms with Gasteiger partial charge in [0.15, 0.2) is 0 Å². The second-order valence-electron chi connectivity index (χ2n) is 12.1. The van der Waals surface area contributed by atoms with Gasteiger partial charge in [0.2, 0.25) is 10.0 Å². The third kappa shape index (κ3) is 8.22. The molecule has 1 spiro atoms. The maximum Gasteiger partial charge on any atom is 0.416 e. The maximum absolute atomic E-state index is 13.8. The molecule has 0 radical (unpaired) electrons. The van der Waals surface area contributed by atoms with Crippen LogP contribution in [-0.2, 0) is 32.2 Å². The first kappa shape index (κ1) is 34.6. The lowest BCUT2D eigenvalue weighted by molar-refractivity contribution is -0.137. The number of nitrogens with one attached hydrogen (secondary N) is 1. The SMILES string of the molecule is Cc1cc2ccc1CCS(=O)(=O)N1CCC3(CC1)N=C(NC3=O)c1cc(cc(C(F)(F)F)c1)OCCCC=CCOCCN(C)C2=O. The molecule has 5 heterocycles. The van der Waals surface area contributed by atoms with Crippen LogP contribution in [0.2, 0.25) is 0 Å². The molecule has 0 aliphatic carbocycles. The van der Waals surface area contributed by atoms with Crippen molar-refractivity contribution in [2.75, 3.05) is 52.3 Å². The molecular weight excluding hydrogens is 637 g/mol. The van der Waals surface area contributed by atoms with Crippen molar-refractivity contribution in [1.82, 2.24) is 14.5 Å². The van der Waals surface area contributed by atoms with Gasteiger partial charge in [-0.15, -0.1) is 0 Å². The number of halogens is 3. The summed E-state index contributed by atoms with van der Waals surface area (Å²) in [4.78, 5) is 32.2. The van der Waals surface area contributed by atoms with E-state index < -0.39 is 33.2 Å². The van der Waals surface area contributed by atoms with Gasteiger partial charge in [-0.2, -0.15) is 13.2 Å². The molecule has 1 saturated heterocycles. The summed E-state index contributed by atoms with van der Waals surface area (Å²) in [5, 5.41) is 2.64. The van der Waals surface area contributed by atoms with Crippen molar-refractivity contribution < 1.29 is 40.7 Å². The number of hydrogen-bond acceptors (Lipinski definition) is 7. The van der Waals surface area contributed by atoms with Crippen LogP contribution in [0.3, 0.4) is 0 Å². The number of aliphatic imine (C=N–C) groups is 1. The van der Waals surface area contributed by atoms with Gasteiger partial charge < -0.3 is 19.7 Å². The molecule has 0 aromatic heterocycles. The molecule has 7 rings (SSSR count). The summed E-state index contributed by atoms with van der Waals surface area (Å²) < 4.78 is 80.6. The van der Waals surface area contributed by atoms with E-state index in [9.17, 15) is 31.2 Å². The Hall–Kier alpha value is -3.75. The highest BCUT2D eigenvalue weighted by Gasteiger charge is 2.47. The normalized spacial score (nSPS) is 24.7. The van der Waals surface area contributed by atoms with E-state index in [-0.39, 0.29) is 67.8 Å². The maximum atomic E-state index is 13.8. The number of piperidine rings is 1. The molecule has 2 aromatic carbocycles. The van der Waals surface area contributed by atoms with Crippen LogP contribution in [0.1, 0.15) is 58.3 Å². The zero-order valence-electron chi connectivity index (χ0n) is 26.4. The smallest absolute Gasteiger partial charge is 0.416 e. The summed E-state index contributed by atoms with van der Waals surface area (Å²) in [6.45, 7) is 3.12. The number of likely N-dealkylation sites (N-methyl/N-ethyl adjacent to an activating group) is 1. The Balaban J connectivity index is 1.38. The molecule has 2 amide bonds. The van der Waals surface area contributed by atoms with Gasteiger partial charge in [-0.25, -0.2) is 12.7 Å². The number of amides is 2. The van der Waals surface area contributed by atoms with E-state index in [0.29, 0.717) is 38.2 Å². The van der Waals surface area contributed by atoms with Crippen LogP contribution < -0.4 is 10.1 Å². The number of amidine groups is 1. The summed E-state index contributed by atoms with van der Waals surface area (Å²) in [5.74, 6) is -0.802. The zero-order chi connectivity index (χ0) is 33.8. The van der Waals surface area contributed by atoms with Crippen LogP contribution in [0.25, 0.3) is 0 Å². The summed E-state index contributed by atoms with van der Waals surface area (Å²) in [5.41, 5.74) is -0.0328. The Morgan fingerprint density at radius 3 is 2.47 bits per heavy atom. The number of ether oxygens (including phenoxy) is 2. The molecule has 5 aliphatic heterocycles. The first-order valence-electron chi connectivity index (χ1n) is 15.6. The topological polar surface area (TPSA) is 118 Å². The van der Waals surface area contributed by atoms with E-state index in [1.165, 1.54) is 10.4 Å². The van der Waals surface area contributed by atoms with E-state index >= 15 is 0 Å². The lowest BCUT2D eigenvalue weighted by Crippen LogP contribution is -2.50. The molecule has 0 atom stereocenters. The number of nitrogens with zero attached hydrogens (tertiary/aromatic N) is 3. The van der Waals surface area contributed by atoms with Crippen molar-refractivity contribution in [1.29, 1.82) is 0 Å². The van der Waals surface area contributed by atoms with E-state index in [2.05, 4.69) is 10.3 Å². The summed E-state index contributed by atoms with van der Waals surface area (Å²) in [7, 11) is -2.01. The molecule has 5 aliphatic rings. The number of alkyl halides is 3. The van der Waals surface area contributed by atoms with Gasteiger partial charge in [0.1, 0.15) is 17.1 Å². The monoisotopic (exact) mass is 676 g/mol. The van der Waals surface area contributed by atoms with Crippen molar-refractivity contribution in [3.05, 3.63) is 76.4 Å². The number of fused-ring (bicyclic) bond motifs is 2. The van der Waals surface area contributed by atoms with Crippen molar-refractivity contribution in [3.8, 4) is 5.75 Å².